The number of non-ortho nitro benzene ring substituents is 1. The maximum absolute atomic E-state index is 10.6. The highest BCUT2D eigenvalue weighted by molar-refractivity contribution is 7.81. The molecule has 1 aliphatic rings. The number of thiol groups is 1. The van der Waals surface area contributed by atoms with Crippen LogP contribution in [0.25, 0.3) is 0 Å². The highest BCUT2D eigenvalue weighted by Crippen LogP contribution is 2.26. The minimum absolute atomic E-state index is 0.0244. The lowest BCUT2D eigenvalue weighted by Crippen LogP contribution is -2.57. The lowest BCUT2D eigenvalue weighted by atomic mass is 10.0. The van der Waals surface area contributed by atoms with Crippen LogP contribution in [-0.2, 0) is 16.1 Å². The van der Waals surface area contributed by atoms with Crippen LogP contribution in [0.5, 0.6) is 0 Å². The summed E-state index contributed by atoms with van der Waals surface area (Å²) >= 11 is 4.15. The Labute approximate surface area is 131 Å². The zero-order valence-electron chi connectivity index (χ0n) is 11.5. The van der Waals surface area contributed by atoms with Crippen molar-refractivity contribution in [3.05, 3.63) is 39.9 Å². The number of aliphatic hydroxyl groups excluding tert-OH is 3. The molecule has 9 heteroatoms. The monoisotopic (exact) mass is 331 g/mol. The van der Waals surface area contributed by atoms with E-state index >= 15 is 0 Å². The van der Waals surface area contributed by atoms with Crippen molar-refractivity contribution in [1.29, 1.82) is 0 Å². The van der Waals surface area contributed by atoms with Gasteiger partial charge in [-0.3, -0.25) is 10.1 Å². The minimum atomic E-state index is -1.24. The van der Waals surface area contributed by atoms with Gasteiger partial charge in [0.2, 0.25) is 0 Å². The Morgan fingerprint density at radius 3 is 2.45 bits per heavy atom. The molecule has 1 aromatic carbocycles. The van der Waals surface area contributed by atoms with E-state index in [1.807, 2.05) is 0 Å². The molecular formula is C13H17NO7S. The van der Waals surface area contributed by atoms with Crippen molar-refractivity contribution in [1.82, 2.24) is 0 Å². The maximum atomic E-state index is 10.6. The molecule has 0 aliphatic carbocycles. The first-order chi connectivity index (χ1) is 10.4. The van der Waals surface area contributed by atoms with Gasteiger partial charge in [0.15, 0.2) is 6.29 Å². The maximum Gasteiger partial charge on any atom is 0.269 e. The van der Waals surface area contributed by atoms with Crippen molar-refractivity contribution in [2.45, 2.75) is 36.5 Å². The normalized spacial score (nSPS) is 31.9. The van der Waals surface area contributed by atoms with Crippen LogP contribution in [0.4, 0.5) is 5.69 Å². The molecule has 5 unspecified atom stereocenters. The molecule has 0 spiro atoms. The van der Waals surface area contributed by atoms with Crippen LogP contribution < -0.4 is 0 Å². The predicted molar refractivity (Wildman–Crippen MR) is 78.4 cm³/mol. The molecule has 1 aliphatic heterocycles. The number of benzene rings is 1. The van der Waals surface area contributed by atoms with Crippen LogP contribution in [0.15, 0.2) is 24.3 Å². The number of hydrogen-bond donors (Lipinski definition) is 4. The van der Waals surface area contributed by atoms with E-state index in [2.05, 4.69) is 12.6 Å². The topological polar surface area (TPSA) is 122 Å². The molecule has 1 aromatic rings. The van der Waals surface area contributed by atoms with Gasteiger partial charge < -0.3 is 24.8 Å². The first-order valence-corrected chi connectivity index (χ1v) is 7.11. The molecule has 3 N–H and O–H groups in total. The van der Waals surface area contributed by atoms with E-state index in [9.17, 15) is 20.3 Å². The van der Waals surface area contributed by atoms with E-state index in [0.29, 0.717) is 5.56 Å². The lowest BCUT2D eigenvalue weighted by molar-refractivity contribution is -0.384. The van der Waals surface area contributed by atoms with E-state index in [-0.39, 0.29) is 12.3 Å². The second-order valence-electron chi connectivity index (χ2n) is 4.93. The second kappa shape index (κ2) is 7.36. The zero-order chi connectivity index (χ0) is 16.3. The lowest BCUT2D eigenvalue weighted by Gasteiger charge is -2.40. The first kappa shape index (κ1) is 17.1. The number of nitrogens with zero attached hydrogens (tertiary/aromatic N) is 1. The molecule has 0 saturated carbocycles. The molecule has 0 amide bonds. The Hall–Kier alpha value is -1.23. The molecule has 122 valence electrons. The SMILES string of the molecule is O=[N+]([O-])c1ccc(COC2OC(CO)C(O)C(O)C2S)cc1. The Bertz CT molecular complexity index is 510. The summed E-state index contributed by atoms with van der Waals surface area (Å²) in [5, 5.41) is 38.4. The zero-order valence-corrected chi connectivity index (χ0v) is 12.4. The standard InChI is InChI=1S/C13H17NO7S/c15-5-9-10(16)11(17)12(22)13(21-9)20-6-7-1-3-8(4-2-7)14(18)19/h1-4,9-13,15-17,22H,5-6H2. The number of nitro groups is 1. The number of aliphatic hydroxyl groups is 3. The third-order valence-corrected chi connectivity index (χ3v) is 3.96. The highest BCUT2D eigenvalue weighted by Gasteiger charge is 2.43. The molecule has 0 radical (unpaired) electrons. The molecule has 1 heterocycles. The van der Waals surface area contributed by atoms with E-state index in [1.165, 1.54) is 12.1 Å². The van der Waals surface area contributed by atoms with Crippen molar-refractivity contribution < 1.29 is 29.7 Å². The van der Waals surface area contributed by atoms with Gasteiger partial charge in [0, 0.05) is 12.1 Å². The smallest absolute Gasteiger partial charge is 0.269 e. The average molecular weight is 331 g/mol. The summed E-state index contributed by atoms with van der Waals surface area (Å²) < 4.78 is 10.8. The van der Waals surface area contributed by atoms with Crippen LogP contribution >= 0.6 is 12.6 Å². The summed E-state index contributed by atoms with van der Waals surface area (Å²) in [5.41, 5.74) is 0.652. The van der Waals surface area contributed by atoms with E-state index < -0.39 is 41.4 Å². The fourth-order valence-corrected chi connectivity index (χ4v) is 2.43. The van der Waals surface area contributed by atoms with Crippen molar-refractivity contribution in [3.63, 3.8) is 0 Å². The Kier molecular flexibility index (Phi) is 5.73. The highest BCUT2D eigenvalue weighted by atomic mass is 32.1. The van der Waals surface area contributed by atoms with E-state index in [4.69, 9.17) is 14.6 Å². The summed E-state index contributed by atoms with van der Waals surface area (Å²) in [6, 6.07) is 5.80. The number of ether oxygens (including phenoxy) is 2. The Morgan fingerprint density at radius 1 is 1.27 bits per heavy atom. The average Bonchev–Trinajstić information content (AvgIpc) is 2.52. The van der Waals surface area contributed by atoms with E-state index in [0.717, 1.165) is 0 Å². The molecule has 1 saturated heterocycles. The summed E-state index contributed by atoms with van der Waals surface area (Å²) in [4.78, 5) is 10.1. The molecule has 0 bridgehead atoms. The van der Waals surface area contributed by atoms with Crippen LogP contribution in [-0.4, -0.2) is 56.7 Å². The first-order valence-electron chi connectivity index (χ1n) is 6.59. The van der Waals surface area contributed by atoms with Crippen LogP contribution in [0.2, 0.25) is 0 Å². The molecule has 0 aromatic heterocycles. The third kappa shape index (κ3) is 3.75. The largest absolute Gasteiger partial charge is 0.394 e. The van der Waals surface area contributed by atoms with Crippen molar-refractivity contribution in [2.75, 3.05) is 6.61 Å². The van der Waals surface area contributed by atoms with Gasteiger partial charge in [0.1, 0.15) is 12.2 Å². The molecule has 2 rings (SSSR count). The number of rotatable bonds is 5. The van der Waals surface area contributed by atoms with Gasteiger partial charge >= 0.3 is 0 Å². The molecule has 8 nitrogen and oxygen atoms in total. The summed E-state index contributed by atoms with van der Waals surface area (Å²) in [5.74, 6) is 0. The second-order valence-corrected chi connectivity index (χ2v) is 5.53. The van der Waals surface area contributed by atoms with Crippen molar-refractivity contribution in [2.24, 2.45) is 0 Å². The van der Waals surface area contributed by atoms with Gasteiger partial charge in [0.05, 0.1) is 29.5 Å². The van der Waals surface area contributed by atoms with Crippen LogP contribution in [0, 0.1) is 10.1 Å². The van der Waals surface area contributed by atoms with Crippen LogP contribution in [0.3, 0.4) is 0 Å². The van der Waals surface area contributed by atoms with Gasteiger partial charge in [-0.15, -0.1) is 0 Å². The van der Waals surface area contributed by atoms with E-state index in [1.54, 1.807) is 12.1 Å². The number of hydrogen-bond acceptors (Lipinski definition) is 8. The Morgan fingerprint density at radius 2 is 1.91 bits per heavy atom. The van der Waals surface area contributed by atoms with Crippen molar-refractivity contribution >= 4 is 18.3 Å². The summed E-state index contributed by atoms with van der Waals surface area (Å²) in [6.07, 6.45) is -4.32. The molecule has 1 fully saturated rings. The minimum Gasteiger partial charge on any atom is -0.394 e. The van der Waals surface area contributed by atoms with Crippen molar-refractivity contribution in [3.8, 4) is 0 Å². The molecule has 22 heavy (non-hydrogen) atoms. The molecular weight excluding hydrogens is 314 g/mol. The third-order valence-electron chi connectivity index (χ3n) is 3.41. The quantitative estimate of drug-likeness (QED) is 0.336. The number of nitro benzene ring substituents is 1. The summed E-state index contributed by atoms with van der Waals surface area (Å²) in [6.45, 7) is -0.378. The van der Waals surface area contributed by atoms with Crippen LogP contribution in [0.1, 0.15) is 5.56 Å². The summed E-state index contributed by atoms with van der Waals surface area (Å²) in [7, 11) is 0. The Balaban J connectivity index is 1.96. The van der Waals surface area contributed by atoms with Gasteiger partial charge in [-0.1, -0.05) is 0 Å². The fourth-order valence-electron chi connectivity index (χ4n) is 2.10. The van der Waals surface area contributed by atoms with Gasteiger partial charge in [-0.05, 0) is 17.7 Å². The fraction of sp³-hybridized carbons (Fsp3) is 0.538. The van der Waals surface area contributed by atoms with Gasteiger partial charge in [0.25, 0.3) is 5.69 Å². The van der Waals surface area contributed by atoms with Gasteiger partial charge in [-0.2, -0.15) is 12.6 Å². The predicted octanol–water partition coefficient (Wildman–Crippen LogP) is -0.151. The molecule has 5 atom stereocenters. The van der Waals surface area contributed by atoms with Gasteiger partial charge in [-0.25, -0.2) is 0 Å².